The van der Waals surface area contributed by atoms with Crippen molar-refractivity contribution >= 4 is 17.4 Å². The Morgan fingerprint density at radius 1 is 1.50 bits per heavy atom. The molecule has 0 fully saturated rings. The molecule has 0 aliphatic rings. The Labute approximate surface area is 107 Å². The summed E-state index contributed by atoms with van der Waals surface area (Å²) in [6.45, 7) is 4.19. The smallest absolute Gasteiger partial charge is 0.252 e. The maximum Gasteiger partial charge on any atom is 0.252 e. The second-order valence-corrected chi connectivity index (χ2v) is 3.92. The Balaban J connectivity index is 2.44. The van der Waals surface area contributed by atoms with Crippen molar-refractivity contribution in [2.24, 2.45) is 5.73 Å². The Morgan fingerprint density at radius 3 is 2.94 bits per heavy atom. The molecule has 0 aliphatic heterocycles. The number of carbonyl (C=O) groups excluding carboxylic acids is 1. The normalized spacial score (nSPS) is 10.3. The largest absolute Gasteiger partial charge is 0.397 e. The van der Waals surface area contributed by atoms with E-state index in [4.69, 9.17) is 16.2 Å². The number of anilines is 2. The van der Waals surface area contributed by atoms with Gasteiger partial charge in [0.05, 0.1) is 17.4 Å². The van der Waals surface area contributed by atoms with E-state index in [2.05, 4.69) is 17.2 Å². The number of hydrogen-bond acceptors (Lipinski definition) is 5. The van der Waals surface area contributed by atoms with Crippen molar-refractivity contribution in [3.05, 3.63) is 17.8 Å². The average Bonchev–Trinajstić information content (AvgIpc) is 2.35. The predicted octanol–water partition coefficient (Wildman–Crippen LogP) is 0.991. The molecular weight excluding hydrogens is 232 g/mol. The van der Waals surface area contributed by atoms with Crippen LogP contribution >= 0.6 is 0 Å². The molecule has 1 heterocycles. The van der Waals surface area contributed by atoms with Gasteiger partial charge < -0.3 is 21.5 Å². The number of nitrogens with one attached hydrogen (secondary N) is 1. The summed E-state index contributed by atoms with van der Waals surface area (Å²) in [7, 11) is 0. The van der Waals surface area contributed by atoms with Gasteiger partial charge >= 0.3 is 0 Å². The van der Waals surface area contributed by atoms with Gasteiger partial charge in [-0.05, 0) is 18.9 Å². The van der Waals surface area contributed by atoms with Crippen molar-refractivity contribution in [2.45, 2.75) is 19.8 Å². The highest BCUT2D eigenvalue weighted by Gasteiger charge is 2.09. The highest BCUT2D eigenvalue weighted by Crippen LogP contribution is 2.14. The molecule has 1 aromatic rings. The lowest BCUT2D eigenvalue weighted by Gasteiger charge is -2.09. The van der Waals surface area contributed by atoms with Gasteiger partial charge in [0.15, 0.2) is 0 Å². The number of hydrogen-bond donors (Lipinski definition) is 3. The quantitative estimate of drug-likeness (QED) is 0.599. The van der Waals surface area contributed by atoms with E-state index in [1.54, 1.807) is 0 Å². The molecule has 0 saturated carbocycles. The van der Waals surface area contributed by atoms with E-state index in [1.807, 2.05) is 0 Å². The standard InChI is InChI=1S/C12H20N4O2/c1-2-5-18-6-3-4-15-12-10(11(14)17)7-9(13)8-16-12/h7-8H,2-6,13H2,1H3,(H2,14,17)(H,15,16). The summed E-state index contributed by atoms with van der Waals surface area (Å²) >= 11 is 0. The molecule has 1 aromatic heterocycles. The fourth-order valence-electron chi connectivity index (χ4n) is 1.44. The van der Waals surface area contributed by atoms with Crippen LogP contribution in [0.2, 0.25) is 0 Å². The van der Waals surface area contributed by atoms with Gasteiger partial charge in [0, 0.05) is 19.8 Å². The summed E-state index contributed by atoms with van der Waals surface area (Å²) in [6.07, 6.45) is 3.34. The molecule has 1 amide bonds. The number of aromatic nitrogens is 1. The Kier molecular flexibility index (Phi) is 5.93. The minimum Gasteiger partial charge on any atom is -0.397 e. The lowest BCUT2D eigenvalue weighted by Crippen LogP contribution is -2.17. The topological polar surface area (TPSA) is 103 Å². The van der Waals surface area contributed by atoms with Gasteiger partial charge in [0.2, 0.25) is 0 Å². The maximum atomic E-state index is 11.2. The highest BCUT2D eigenvalue weighted by atomic mass is 16.5. The van der Waals surface area contributed by atoms with Crippen molar-refractivity contribution in [1.82, 2.24) is 4.98 Å². The van der Waals surface area contributed by atoms with E-state index in [0.717, 1.165) is 19.4 Å². The van der Waals surface area contributed by atoms with Crippen molar-refractivity contribution in [3.63, 3.8) is 0 Å². The molecule has 6 heteroatoms. The van der Waals surface area contributed by atoms with E-state index in [-0.39, 0.29) is 0 Å². The molecular formula is C12H20N4O2. The van der Waals surface area contributed by atoms with Crippen molar-refractivity contribution in [2.75, 3.05) is 30.8 Å². The van der Waals surface area contributed by atoms with Gasteiger partial charge in [-0.25, -0.2) is 4.98 Å². The van der Waals surface area contributed by atoms with Crippen LogP contribution in [0.5, 0.6) is 0 Å². The van der Waals surface area contributed by atoms with Crippen LogP contribution in [0, 0.1) is 0 Å². The summed E-state index contributed by atoms with van der Waals surface area (Å²) in [4.78, 5) is 15.3. The summed E-state index contributed by atoms with van der Waals surface area (Å²) < 4.78 is 5.35. The molecule has 0 aliphatic carbocycles. The van der Waals surface area contributed by atoms with Gasteiger partial charge in [-0.3, -0.25) is 4.79 Å². The number of nitrogens with two attached hydrogens (primary N) is 2. The molecule has 6 nitrogen and oxygen atoms in total. The number of primary amides is 1. The molecule has 0 saturated heterocycles. The van der Waals surface area contributed by atoms with Crippen LogP contribution < -0.4 is 16.8 Å². The number of nitrogens with zero attached hydrogens (tertiary/aromatic N) is 1. The highest BCUT2D eigenvalue weighted by molar-refractivity contribution is 5.98. The zero-order valence-corrected chi connectivity index (χ0v) is 10.6. The Morgan fingerprint density at radius 2 is 2.28 bits per heavy atom. The second-order valence-electron chi connectivity index (χ2n) is 3.92. The van der Waals surface area contributed by atoms with Crippen molar-refractivity contribution < 1.29 is 9.53 Å². The summed E-state index contributed by atoms with van der Waals surface area (Å²) in [6, 6.07) is 1.52. The van der Waals surface area contributed by atoms with E-state index >= 15 is 0 Å². The molecule has 0 unspecified atom stereocenters. The predicted molar refractivity (Wildman–Crippen MR) is 71.4 cm³/mol. The zero-order valence-electron chi connectivity index (χ0n) is 10.6. The molecule has 18 heavy (non-hydrogen) atoms. The molecule has 0 spiro atoms. The van der Waals surface area contributed by atoms with Gasteiger partial charge in [-0.15, -0.1) is 0 Å². The second kappa shape index (κ2) is 7.50. The minimum atomic E-state index is -0.542. The SMILES string of the molecule is CCCOCCCNc1ncc(N)cc1C(N)=O. The lowest BCUT2D eigenvalue weighted by molar-refractivity contribution is 0.100. The van der Waals surface area contributed by atoms with Crippen LogP contribution in [-0.2, 0) is 4.74 Å². The average molecular weight is 252 g/mol. The fraction of sp³-hybridized carbons (Fsp3) is 0.500. The van der Waals surface area contributed by atoms with Crippen LogP contribution in [0.4, 0.5) is 11.5 Å². The maximum absolute atomic E-state index is 11.2. The van der Waals surface area contributed by atoms with Gasteiger partial charge in [0.1, 0.15) is 5.82 Å². The monoisotopic (exact) mass is 252 g/mol. The number of pyridine rings is 1. The van der Waals surface area contributed by atoms with E-state index in [9.17, 15) is 4.79 Å². The molecule has 5 N–H and O–H groups in total. The first-order chi connectivity index (χ1) is 8.65. The third kappa shape index (κ3) is 4.58. The van der Waals surface area contributed by atoms with E-state index in [1.165, 1.54) is 12.3 Å². The summed E-state index contributed by atoms with van der Waals surface area (Å²) in [5.74, 6) is -0.0771. The van der Waals surface area contributed by atoms with E-state index in [0.29, 0.717) is 30.2 Å². The molecule has 1 rings (SSSR count). The fourth-order valence-corrected chi connectivity index (χ4v) is 1.44. The first-order valence-corrected chi connectivity index (χ1v) is 6.02. The number of rotatable bonds is 8. The number of carbonyl (C=O) groups is 1. The number of nitrogen functional groups attached to an aromatic ring is 1. The molecule has 0 bridgehead atoms. The zero-order chi connectivity index (χ0) is 13.4. The minimum absolute atomic E-state index is 0.310. The Hall–Kier alpha value is -1.82. The molecule has 0 aromatic carbocycles. The molecule has 0 atom stereocenters. The van der Waals surface area contributed by atoms with Crippen LogP contribution in [-0.4, -0.2) is 30.6 Å². The molecule has 100 valence electrons. The van der Waals surface area contributed by atoms with Gasteiger partial charge in [-0.1, -0.05) is 6.92 Å². The van der Waals surface area contributed by atoms with Crippen molar-refractivity contribution in [1.29, 1.82) is 0 Å². The number of amides is 1. The number of ether oxygens (including phenoxy) is 1. The van der Waals surface area contributed by atoms with E-state index < -0.39 is 5.91 Å². The van der Waals surface area contributed by atoms with Crippen molar-refractivity contribution in [3.8, 4) is 0 Å². The third-order valence-corrected chi connectivity index (χ3v) is 2.28. The van der Waals surface area contributed by atoms with Crippen LogP contribution in [0.15, 0.2) is 12.3 Å². The first kappa shape index (κ1) is 14.2. The Bertz CT molecular complexity index is 396. The summed E-state index contributed by atoms with van der Waals surface area (Å²) in [5.41, 5.74) is 11.5. The van der Waals surface area contributed by atoms with Crippen LogP contribution in [0.3, 0.4) is 0 Å². The first-order valence-electron chi connectivity index (χ1n) is 6.02. The lowest BCUT2D eigenvalue weighted by atomic mass is 10.2. The summed E-state index contributed by atoms with van der Waals surface area (Å²) in [5, 5.41) is 3.05. The van der Waals surface area contributed by atoms with Crippen LogP contribution in [0.25, 0.3) is 0 Å². The van der Waals surface area contributed by atoms with Crippen LogP contribution in [0.1, 0.15) is 30.1 Å². The van der Waals surface area contributed by atoms with Gasteiger partial charge in [0.25, 0.3) is 5.91 Å². The molecule has 0 radical (unpaired) electrons. The van der Waals surface area contributed by atoms with Gasteiger partial charge in [-0.2, -0.15) is 0 Å². The third-order valence-electron chi connectivity index (χ3n) is 2.28.